The number of aliphatic imine (C=N–C) groups is 1. The number of esters is 2. The van der Waals surface area contributed by atoms with Crippen LogP contribution in [0.4, 0.5) is 0 Å². The largest absolute Gasteiger partial charge is 0.467 e. The third-order valence-corrected chi connectivity index (χ3v) is 2.71. The highest BCUT2D eigenvalue weighted by Crippen LogP contribution is 2.37. The van der Waals surface area contributed by atoms with Crippen LogP contribution in [0.15, 0.2) is 4.99 Å². The number of carbonyl (C=O) groups is 2. The van der Waals surface area contributed by atoms with Gasteiger partial charge in [-0.05, 0) is 20.8 Å². The van der Waals surface area contributed by atoms with Crippen LogP contribution in [0, 0.1) is 5.41 Å². The van der Waals surface area contributed by atoms with Gasteiger partial charge in [0.05, 0.1) is 13.7 Å². The highest BCUT2D eigenvalue weighted by Gasteiger charge is 2.50. The highest BCUT2D eigenvalue weighted by molar-refractivity contribution is 5.99. The summed E-state index contributed by atoms with van der Waals surface area (Å²) in [5.74, 6) is -0.789. The fraction of sp³-hybridized carbons (Fsp3) is 0.727. The van der Waals surface area contributed by atoms with Gasteiger partial charge in [0, 0.05) is 12.6 Å². The number of rotatable bonds is 3. The molecule has 2 atom stereocenters. The standard InChI is InChI=1S/C11H17NO4/c1-5-16-8(13)10(2)6-11(3,12-7-10)9(14)15-4/h7H,5-6H2,1-4H3. The van der Waals surface area contributed by atoms with Gasteiger partial charge < -0.3 is 9.47 Å². The number of hydrogen-bond donors (Lipinski definition) is 0. The van der Waals surface area contributed by atoms with Crippen molar-refractivity contribution < 1.29 is 19.1 Å². The summed E-state index contributed by atoms with van der Waals surface area (Å²) in [7, 11) is 1.31. The minimum absolute atomic E-state index is 0.283. The SMILES string of the molecule is CCOC(=O)C1(C)C=NC(C)(C(=O)OC)C1. The summed E-state index contributed by atoms with van der Waals surface area (Å²) in [5.41, 5.74) is -1.81. The third kappa shape index (κ3) is 2.08. The van der Waals surface area contributed by atoms with Crippen molar-refractivity contribution in [1.29, 1.82) is 0 Å². The molecule has 16 heavy (non-hydrogen) atoms. The first-order valence-electron chi connectivity index (χ1n) is 5.20. The van der Waals surface area contributed by atoms with E-state index in [1.165, 1.54) is 13.3 Å². The van der Waals surface area contributed by atoms with E-state index in [0.717, 1.165) is 0 Å². The Hall–Kier alpha value is -1.39. The van der Waals surface area contributed by atoms with Crippen molar-refractivity contribution in [1.82, 2.24) is 0 Å². The number of nitrogens with zero attached hydrogens (tertiary/aromatic N) is 1. The van der Waals surface area contributed by atoms with Gasteiger partial charge in [-0.25, -0.2) is 4.79 Å². The Bertz CT molecular complexity index is 339. The van der Waals surface area contributed by atoms with Crippen LogP contribution in [0.3, 0.4) is 0 Å². The van der Waals surface area contributed by atoms with Gasteiger partial charge in [0.25, 0.3) is 0 Å². The van der Waals surface area contributed by atoms with E-state index in [-0.39, 0.29) is 12.4 Å². The summed E-state index contributed by atoms with van der Waals surface area (Å²) in [5, 5.41) is 0. The summed E-state index contributed by atoms with van der Waals surface area (Å²) < 4.78 is 9.62. The van der Waals surface area contributed by atoms with Crippen molar-refractivity contribution >= 4 is 18.2 Å². The summed E-state index contributed by atoms with van der Waals surface area (Å²) >= 11 is 0. The molecule has 5 heteroatoms. The van der Waals surface area contributed by atoms with E-state index in [1.807, 2.05) is 0 Å². The van der Waals surface area contributed by atoms with Gasteiger partial charge in [0.2, 0.25) is 0 Å². The van der Waals surface area contributed by atoms with Gasteiger partial charge in [0.1, 0.15) is 5.41 Å². The molecule has 0 aromatic carbocycles. The molecule has 0 N–H and O–H groups in total. The van der Waals surface area contributed by atoms with Crippen molar-refractivity contribution in [2.24, 2.45) is 10.4 Å². The molecule has 0 spiro atoms. The molecule has 1 heterocycles. The van der Waals surface area contributed by atoms with Crippen LogP contribution in [-0.4, -0.2) is 37.4 Å². The van der Waals surface area contributed by atoms with E-state index in [1.54, 1.807) is 20.8 Å². The molecule has 0 fully saturated rings. The van der Waals surface area contributed by atoms with E-state index in [0.29, 0.717) is 6.61 Å². The van der Waals surface area contributed by atoms with Crippen molar-refractivity contribution in [2.45, 2.75) is 32.7 Å². The van der Waals surface area contributed by atoms with Crippen LogP contribution in [0.25, 0.3) is 0 Å². The smallest absolute Gasteiger partial charge is 0.333 e. The topological polar surface area (TPSA) is 65.0 Å². The molecule has 90 valence electrons. The zero-order chi connectivity index (χ0) is 12.4. The average Bonchev–Trinajstić information content (AvgIpc) is 2.57. The molecule has 1 aliphatic rings. The van der Waals surface area contributed by atoms with E-state index >= 15 is 0 Å². The molecule has 0 amide bonds. The van der Waals surface area contributed by atoms with E-state index in [9.17, 15) is 9.59 Å². The van der Waals surface area contributed by atoms with Crippen LogP contribution in [-0.2, 0) is 19.1 Å². The number of carbonyl (C=O) groups excluding carboxylic acids is 2. The Balaban J connectivity index is 2.83. The zero-order valence-electron chi connectivity index (χ0n) is 10.1. The first-order valence-corrected chi connectivity index (χ1v) is 5.20. The molecular weight excluding hydrogens is 210 g/mol. The minimum atomic E-state index is -0.976. The van der Waals surface area contributed by atoms with Crippen LogP contribution in [0.5, 0.6) is 0 Å². The van der Waals surface area contributed by atoms with Crippen molar-refractivity contribution in [3.8, 4) is 0 Å². The Kier molecular flexibility index (Phi) is 3.35. The number of methoxy groups -OCH3 is 1. The fourth-order valence-electron chi connectivity index (χ4n) is 1.86. The molecular formula is C11H17NO4. The van der Waals surface area contributed by atoms with Crippen molar-refractivity contribution in [3.05, 3.63) is 0 Å². The molecule has 0 saturated heterocycles. The summed E-state index contributed by atoms with van der Waals surface area (Å²) in [6.07, 6.45) is 1.77. The predicted octanol–water partition coefficient (Wildman–Crippen LogP) is 0.962. The lowest BCUT2D eigenvalue weighted by Gasteiger charge is -2.23. The second-order valence-electron chi connectivity index (χ2n) is 4.34. The lowest BCUT2D eigenvalue weighted by molar-refractivity contribution is -0.152. The lowest BCUT2D eigenvalue weighted by Crippen LogP contribution is -2.38. The lowest BCUT2D eigenvalue weighted by atomic mass is 9.82. The van der Waals surface area contributed by atoms with E-state index < -0.39 is 16.9 Å². The predicted molar refractivity (Wildman–Crippen MR) is 58.3 cm³/mol. The Morgan fingerprint density at radius 1 is 1.38 bits per heavy atom. The molecule has 1 rings (SSSR count). The quantitative estimate of drug-likeness (QED) is 0.674. The molecule has 5 nitrogen and oxygen atoms in total. The Morgan fingerprint density at radius 2 is 2.00 bits per heavy atom. The second-order valence-corrected chi connectivity index (χ2v) is 4.34. The van der Waals surface area contributed by atoms with Gasteiger partial charge in [-0.1, -0.05) is 0 Å². The van der Waals surface area contributed by atoms with Crippen molar-refractivity contribution in [3.63, 3.8) is 0 Å². The van der Waals surface area contributed by atoms with Gasteiger partial charge >= 0.3 is 11.9 Å². The average molecular weight is 227 g/mol. The van der Waals surface area contributed by atoms with Crippen LogP contribution < -0.4 is 0 Å². The third-order valence-electron chi connectivity index (χ3n) is 2.71. The Labute approximate surface area is 94.8 Å². The van der Waals surface area contributed by atoms with E-state index in [4.69, 9.17) is 4.74 Å². The first kappa shape index (κ1) is 12.7. The van der Waals surface area contributed by atoms with Crippen LogP contribution in [0.1, 0.15) is 27.2 Å². The maximum absolute atomic E-state index is 11.7. The van der Waals surface area contributed by atoms with Crippen LogP contribution in [0.2, 0.25) is 0 Å². The maximum Gasteiger partial charge on any atom is 0.333 e. The summed E-state index contributed by atoms with van der Waals surface area (Å²) in [6, 6.07) is 0. The molecule has 2 unspecified atom stereocenters. The van der Waals surface area contributed by atoms with Crippen molar-refractivity contribution in [2.75, 3.05) is 13.7 Å². The zero-order valence-corrected chi connectivity index (χ0v) is 10.1. The second kappa shape index (κ2) is 4.23. The van der Waals surface area contributed by atoms with Gasteiger partial charge in [0.15, 0.2) is 5.54 Å². The maximum atomic E-state index is 11.7. The minimum Gasteiger partial charge on any atom is -0.467 e. The highest BCUT2D eigenvalue weighted by atomic mass is 16.5. The molecule has 0 bridgehead atoms. The monoisotopic (exact) mass is 227 g/mol. The van der Waals surface area contributed by atoms with Gasteiger partial charge in [-0.15, -0.1) is 0 Å². The number of ether oxygens (including phenoxy) is 2. The summed E-state index contributed by atoms with van der Waals surface area (Å²) in [4.78, 5) is 27.3. The molecule has 1 aliphatic heterocycles. The molecule has 0 aliphatic carbocycles. The number of hydrogen-bond acceptors (Lipinski definition) is 5. The molecule has 0 saturated carbocycles. The normalized spacial score (nSPS) is 32.5. The molecule has 0 radical (unpaired) electrons. The first-order chi connectivity index (χ1) is 7.38. The molecule has 0 aromatic rings. The Morgan fingerprint density at radius 3 is 2.50 bits per heavy atom. The molecule has 0 aromatic heterocycles. The van der Waals surface area contributed by atoms with Gasteiger partial charge in [-0.3, -0.25) is 9.79 Å². The van der Waals surface area contributed by atoms with Crippen LogP contribution >= 0.6 is 0 Å². The van der Waals surface area contributed by atoms with E-state index in [2.05, 4.69) is 9.73 Å². The van der Waals surface area contributed by atoms with Gasteiger partial charge in [-0.2, -0.15) is 0 Å². The fourth-order valence-corrected chi connectivity index (χ4v) is 1.86. The summed E-state index contributed by atoms with van der Waals surface area (Å²) in [6.45, 7) is 5.42.